The highest BCUT2D eigenvalue weighted by atomic mass is 32.2. The Labute approximate surface area is 103 Å². The van der Waals surface area contributed by atoms with Gasteiger partial charge in [-0.05, 0) is 37.5 Å². The van der Waals surface area contributed by atoms with Gasteiger partial charge in [-0.2, -0.15) is 0 Å². The van der Waals surface area contributed by atoms with Crippen LogP contribution in [-0.2, 0) is 9.84 Å². The molecule has 0 aromatic heterocycles. The summed E-state index contributed by atoms with van der Waals surface area (Å²) in [5, 5.41) is 3.42. The lowest BCUT2D eigenvalue weighted by molar-refractivity contribution is 0.601. The Bertz CT molecular complexity index is 502. The summed E-state index contributed by atoms with van der Waals surface area (Å²) in [5.41, 5.74) is 1.73. The van der Waals surface area contributed by atoms with Crippen molar-refractivity contribution in [1.29, 1.82) is 0 Å². The van der Waals surface area contributed by atoms with E-state index in [2.05, 4.69) is 5.32 Å². The molecule has 0 aliphatic heterocycles. The van der Waals surface area contributed by atoms with Crippen molar-refractivity contribution in [2.45, 2.75) is 43.5 Å². The van der Waals surface area contributed by atoms with Gasteiger partial charge in [-0.1, -0.05) is 18.9 Å². The second-order valence-electron chi connectivity index (χ2n) is 4.88. The van der Waals surface area contributed by atoms with Crippen LogP contribution in [0.3, 0.4) is 0 Å². The Hall–Kier alpha value is -1.03. The van der Waals surface area contributed by atoms with Gasteiger partial charge in [-0.25, -0.2) is 8.42 Å². The standard InChI is InChI=1S/C13H19NO2S/c1-10-7-8-12(9-13(10)17(2,15)16)14-11-5-3-4-6-11/h7-9,11,14H,3-6H2,1-2H3. The highest BCUT2D eigenvalue weighted by Gasteiger charge is 2.16. The Kier molecular flexibility index (Phi) is 3.43. The molecule has 2 rings (SSSR count). The topological polar surface area (TPSA) is 46.2 Å². The Morgan fingerprint density at radius 3 is 2.47 bits per heavy atom. The molecular weight excluding hydrogens is 234 g/mol. The number of aryl methyl sites for hydroxylation is 1. The van der Waals surface area contributed by atoms with E-state index in [9.17, 15) is 8.42 Å². The molecule has 1 aromatic rings. The van der Waals surface area contributed by atoms with Crippen molar-refractivity contribution >= 4 is 15.5 Å². The lowest BCUT2D eigenvalue weighted by atomic mass is 10.2. The number of anilines is 1. The first-order chi connectivity index (χ1) is 7.97. The lowest BCUT2D eigenvalue weighted by Gasteiger charge is -2.15. The van der Waals surface area contributed by atoms with Crippen molar-refractivity contribution in [3.8, 4) is 0 Å². The molecule has 1 aromatic carbocycles. The van der Waals surface area contributed by atoms with E-state index in [1.54, 1.807) is 6.07 Å². The van der Waals surface area contributed by atoms with Gasteiger partial charge in [0, 0.05) is 18.0 Å². The molecule has 17 heavy (non-hydrogen) atoms. The molecule has 0 bridgehead atoms. The summed E-state index contributed by atoms with van der Waals surface area (Å²) in [4.78, 5) is 0.431. The summed E-state index contributed by atoms with van der Waals surface area (Å²) in [7, 11) is -3.13. The van der Waals surface area contributed by atoms with E-state index in [-0.39, 0.29) is 0 Å². The molecule has 0 amide bonds. The first kappa shape index (κ1) is 12.4. The summed E-state index contributed by atoms with van der Waals surface area (Å²) < 4.78 is 23.2. The maximum atomic E-state index is 11.6. The summed E-state index contributed by atoms with van der Waals surface area (Å²) in [6.07, 6.45) is 6.16. The van der Waals surface area contributed by atoms with Crippen molar-refractivity contribution in [3.63, 3.8) is 0 Å². The van der Waals surface area contributed by atoms with E-state index in [0.29, 0.717) is 10.9 Å². The smallest absolute Gasteiger partial charge is 0.175 e. The van der Waals surface area contributed by atoms with E-state index in [4.69, 9.17) is 0 Å². The minimum absolute atomic E-state index is 0.431. The van der Waals surface area contributed by atoms with Crippen LogP contribution in [0.1, 0.15) is 31.2 Å². The number of rotatable bonds is 3. The third-order valence-corrected chi connectivity index (χ3v) is 4.55. The highest BCUT2D eigenvalue weighted by Crippen LogP contribution is 2.25. The minimum Gasteiger partial charge on any atom is -0.382 e. The Morgan fingerprint density at radius 1 is 1.24 bits per heavy atom. The quantitative estimate of drug-likeness (QED) is 0.901. The molecule has 1 saturated carbocycles. The van der Waals surface area contributed by atoms with Gasteiger partial charge in [0.25, 0.3) is 0 Å². The van der Waals surface area contributed by atoms with Crippen LogP contribution in [0.5, 0.6) is 0 Å². The fraction of sp³-hybridized carbons (Fsp3) is 0.538. The molecule has 0 unspecified atom stereocenters. The van der Waals surface area contributed by atoms with Crippen LogP contribution in [0.25, 0.3) is 0 Å². The van der Waals surface area contributed by atoms with Gasteiger partial charge in [-0.15, -0.1) is 0 Å². The fourth-order valence-corrected chi connectivity index (χ4v) is 3.39. The second kappa shape index (κ2) is 4.69. The SMILES string of the molecule is Cc1ccc(NC2CCCC2)cc1S(C)(=O)=O. The van der Waals surface area contributed by atoms with E-state index in [1.165, 1.54) is 31.9 Å². The number of hydrogen-bond donors (Lipinski definition) is 1. The highest BCUT2D eigenvalue weighted by molar-refractivity contribution is 7.90. The zero-order valence-electron chi connectivity index (χ0n) is 10.4. The van der Waals surface area contributed by atoms with Crippen LogP contribution >= 0.6 is 0 Å². The Balaban J connectivity index is 2.24. The van der Waals surface area contributed by atoms with Gasteiger partial charge in [0.1, 0.15) is 0 Å². The fourth-order valence-electron chi connectivity index (χ4n) is 2.40. The van der Waals surface area contributed by atoms with Crippen molar-refractivity contribution in [2.24, 2.45) is 0 Å². The van der Waals surface area contributed by atoms with E-state index < -0.39 is 9.84 Å². The summed E-state index contributed by atoms with van der Waals surface area (Å²) in [6, 6.07) is 6.09. The van der Waals surface area contributed by atoms with E-state index in [1.807, 2.05) is 19.1 Å². The average molecular weight is 253 g/mol. The molecule has 0 radical (unpaired) electrons. The maximum absolute atomic E-state index is 11.6. The molecular formula is C13H19NO2S. The van der Waals surface area contributed by atoms with Crippen molar-refractivity contribution < 1.29 is 8.42 Å². The van der Waals surface area contributed by atoms with Gasteiger partial charge in [0.2, 0.25) is 0 Å². The van der Waals surface area contributed by atoms with Crippen LogP contribution in [0.2, 0.25) is 0 Å². The molecule has 0 spiro atoms. The van der Waals surface area contributed by atoms with E-state index in [0.717, 1.165) is 11.3 Å². The monoisotopic (exact) mass is 253 g/mol. The van der Waals surface area contributed by atoms with Gasteiger partial charge in [-0.3, -0.25) is 0 Å². The van der Waals surface area contributed by atoms with Crippen LogP contribution in [0.15, 0.2) is 23.1 Å². The van der Waals surface area contributed by atoms with Gasteiger partial charge < -0.3 is 5.32 Å². The van der Waals surface area contributed by atoms with Crippen LogP contribution in [0.4, 0.5) is 5.69 Å². The van der Waals surface area contributed by atoms with Crippen LogP contribution in [-0.4, -0.2) is 20.7 Å². The van der Waals surface area contributed by atoms with Crippen LogP contribution in [0, 0.1) is 6.92 Å². The third kappa shape index (κ3) is 3.00. The molecule has 0 atom stereocenters. The Morgan fingerprint density at radius 2 is 1.88 bits per heavy atom. The molecule has 0 heterocycles. The number of sulfone groups is 1. The van der Waals surface area contributed by atoms with Gasteiger partial charge in [0.05, 0.1) is 4.90 Å². The first-order valence-electron chi connectivity index (χ1n) is 6.04. The van der Waals surface area contributed by atoms with E-state index >= 15 is 0 Å². The average Bonchev–Trinajstić information content (AvgIpc) is 2.72. The second-order valence-corrected chi connectivity index (χ2v) is 6.86. The molecule has 1 aliphatic rings. The maximum Gasteiger partial charge on any atom is 0.175 e. The van der Waals surface area contributed by atoms with Gasteiger partial charge in [0.15, 0.2) is 9.84 Å². The summed E-state index contributed by atoms with van der Waals surface area (Å²) in [5.74, 6) is 0. The predicted molar refractivity (Wildman–Crippen MR) is 70.2 cm³/mol. The van der Waals surface area contributed by atoms with Crippen LogP contribution < -0.4 is 5.32 Å². The van der Waals surface area contributed by atoms with Crippen molar-refractivity contribution in [3.05, 3.63) is 23.8 Å². The number of hydrogen-bond acceptors (Lipinski definition) is 3. The zero-order chi connectivity index (χ0) is 12.5. The first-order valence-corrected chi connectivity index (χ1v) is 7.93. The minimum atomic E-state index is -3.13. The molecule has 0 saturated heterocycles. The van der Waals surface area contributed by atoms with Gasteiger partial charge >= 0.3 is 0 Å². The largest absolute Gasteiger partial charge is 0.382 e. The summed E-state index contributed by atoms with van der Waals surface area (Å²) >= 11 is 0. The molecule has 1 N–H and O–H groups in total. The molecule has 4 heteroatoms. The molecule has 94 valence electrons. The zero-order valence-corrected chi connectivity index (χ0v) is 11.2. The third-order valence-electron chi connectivity index (χ3n) is 3.31. The lowest BCUT2D eigenvalue weighted by Crippen LogP contribution is -2.15. The number of nitrogens with one attached hydrogen (secondary N) is 1. The molecule has 1 fully saturated rings. The molecule has 1 aliphatic carbocycles. The molecule has 3 nitrogen and oxygen atoms in total. The normalized spacial score (nSPS) is 17.3. The number of benzene rings is 1. The summed E-state index contributed by atoms with van der Waals surface area (Å²) in [6.45, 7) is 1.83. The predicted octanol–water partition coefficient (Wildman–Crippen LogP) is 2.75. The van der Waals surface area contributed by atoms with Crippen molar-refractivity contribution in [1.82, 2.24) is 0 Å². The van der Waals surface area contributed by atoms with Crippen molar-refractivity contribution in [2.75, 3.05) is 11.6 Å².